The molecule has 166 valence electrons. The van der Waals surface area contributed by atoms with Gasteiger partial charge in [0.15, 0.2) is 5.11 Å². The average molecular weight is 573 g/mol. The molecular formula is C21H24IN3O4S2. The molecule has 1 fully saturated rings. The molecule has 0 aromatic heterocycles. The Morgan fingerprint density at radius 2 is 1.81 bits per heavy atom. The van der Waals surface area contributed by atoms with Gasteiger partial charge in [-0.25, -0.2) is 8.42 Å². The Kier molecular flexibility index (Phi) is 7.89. The minimum absolute atomic E-state index is 0.122. The van der Waals surface area contributed by atoms with E-state index in [-0.39, 0.29) is 15.9 Å². The number of methoxy groups -OCH3 is 1. The third-order valence-electron chi connectivity index (χ3n) is 5.13. The summed E-state index contributed by atoms with van der Waals surface area (Å²) in [5, 5.41) is 5.65. The number of nitrogens with zero attached hydrogens (tertiary/aromatic N) is 1. The van der Waals surface area contributed by atoms with Crippen LogP contribution in [-0.4, -0.2) is 43.9 Å². The number of rotatable bonds is 5. The number of thiocarbonyl (C=S) groups is 1. The molecule has 1 amide bonds. The fourth-order valence-corrected chi connectivity index (χ4v) is 5.65. The number of anilines is 1. The van der Waals surface area contributed by atoms with Crippen LogP contribution < -0.4 is 15.4 Å². The first kappa shape index (κ1) is 23.9. The number of carbonyl (C=O) groups is 1. The standard InChI is InChI=1S/C21H24IN3O4S2/c1-14-9-11-25(12-10-14)31(27,28)17-6-4-16(5-7-17)23-21(30)24-20(26)15-3-8-19(29-2)18(22)13-15/h3-8,13-14H,9-12H2,1-2H3,(H2,23,24,26,30). The van der Waals surface area contributed by atoms with Gasteiger partial charge in [-0.3, -0.25) is 10.1 Å². The van der Waals surface area contributed by atoms with Gasteiger partial charge in [0.1, 0.15) is 5.75 Å². The monoisotopic (exact) mass is 573 g/mol. The van der Waals surface area contributed by atoms with Crippen molar-refractivity contribution >= 4 is 61.5 Å². The van der Waals surface area contributed by atoms with E-state index in [9.17, 15) is 13.2 Å². The summed E-state index contributed by atoms with van der Waals surface area (Å²) >= 11 is 7.31. The predicted molar refractivity (Wildman–Crippen MR) is 133 cm³/mol. The lowest BCUT2D eigenvalue weighted by Gasteiger charge is -2.29. The lowest BCUT2D eigenvalue weighted by molar-refractivity contribution is 0.0977. The van der Waals surface area contributed by atoms with Gasteiger partial charge >= 0.3 is 0 Å². The van der Waals surface area contributed by atoms with Gasteiger partial charge in [0.2, 0.25) is 10.0 Å². The van der Waals surface area contributed by atoms with Crippen molar-refractivity contribution in [2.24, 2.45) is 5.92 Å². The van der Waals surface area contributed by atoms with Crippen LogP contribution in [0.2, 0.25) is 0 Å². The molecule has 10 heteroatoms. The highest BCUT2D eigenvalue weighted by Gasteiger charge is 2.27. The smallest absolute Gasteiger partial charge is 0.257 e. The SMILES string of the molecule is COc1ccc(C(=O)NC(=S)Nc2ccc(S(=O)(=O)N3CCC(C)CC3)cc2)cc1I. The average Bonchev–Trinajstić information content (AvgIpc) is 2.74. The second-order valence-corrected chi connectivity index (χ2v) is 10.9. The molecule has 0 radical (unpaired) electrons. The minimum atomic E-state index is -3.50. The number of halogens is 1. The van der Waals surface area contributed by atoms with Crippen LogP contribution in [0, 0.1) is 9.49 Å². The number of sulfonamides is 1. The van der Waals surface area contributed by atoms with E-state index in [0.29, 0.717) is 36.0 Å². The highest BCUT2D eigenvalue weighted by molar-refractivity contribution is 14.1. The van der Waals surface area contributed by atoms with E-state index in [1.54, 1.807) is 49.6 Å². The van der Waals surface area contributed by atoms with E-state index < -0.39 is 10.0 Å². The molecule has 0 aliphatic carbocycles. The van der Waals surface area contributed by atoms with Gasteiger partial charge < -0.3 is 10.1 Å². The highest BCUT2D eigenvalue weighted by Crippen LogP contribution is 2.24. The van der Waals surface area contributed by atoms with Crippen molar-refractivity contribution in [3.8, 4) is 5.75 Å². The number of hydrogen-bond acceptors (Lipinski definition) is 5. The number of ether oxygens (including phenoxy) is 1. The van der Waals surface area contributed by atoms with Crippen LogP contribution in [-0.2, 0) is 10.0 Å². The van der Waals surface area contributed by atoms with Crippen LogP contribution in [0.3, 0.4) is 0 Å². The third-order valence-corrected chi connectivity index (χ3v) is 8.09. The van der Waals surface area contributed by atoms with Crippen molar-refractivity contribution in [2.45, 2.75) is 24.7 Å². The topological polar surface area (TPSA) is 87.7 Å². The van der Waals surface area contributed by atoms with E-state index >= 15 is 0 Å². The molecular weight excluding hydrogens is 549 g/mol. The van der Waals surface area contributed by atoms with Gasteiger partial charge in [-0.1, -0.05) is 6.92 Å². The summed E-state index contributed by atoms with van der Waals surface area (Å²) < 4.78 is 33.2. The summed E-state index contributed by atoms with van der Waals surface area (Å²) in [6.07, 6.45) is 1.75. The van der Waals surface area contributed by atoms with Crippen molar-refractivity contribution in [1.82, 2.24) is 9.62 Å². The molecule has 2 aromatic rings. The molecule has 0 saturated carbocycles. The zero-order valence-corrected chi connectivity index (χ0v) is 21.0. The number of hydrogen-bond donors (Lipinski definition) is 2. The maximum absolute atomic E-state index is 12.8. The van der Waals surface area contributed by atoms with E-state index in [1.165, 1.54) is 4.31 Å². The van der Waals surface area contributed by atoms with Gasteiger partial charge in [-0.05, 0) is 96.0 Å². The van der Waals surface area contributed by atoms with E-state index in [1.807, 2.05) is 0 Å². The normalized spacial score (nSPS) is 15.3. The first-order valence-corrected chi connectivity index (χ1v) is 12.7. The van der Waals surface area contributed by atoms with Crippen LogP contribution in [0.25, 0.3) is 0 Å². The summed E-state index contributed by atoms with van der Waals surface area (Å²) in [6.45, 7) is 3.23. The Morgan fingerprint density at radius 3 is 2.39 bits per heavy atom. The zero-order valence-electron chi connectivity index (χ0n) is 17.2. The fraction of sp³-hybridized carbons (Fsp3) is 0.333. The van der Waals surface area contributed by atoms with Crippen molar-refractivity contribution in [3.63, 3.8) is 0 Å². The van der Waals surface area contributed by atoms with Gasteiger partial charge in [-0.2, -0.15) is 4.31 Å². The number of nitrogens with one attached hydrogen (secondary N) is 2. The summed E-state index contributed by atoms with van der Waals surface area (Å²) in [4.78, 5) is 12.7. The van der Waals surface area contributed by atoms with Gasteiger partial charge in [0, 0.05) is 24.3 Å². The zero-order chi connectivity index (χ0) is 22.6. The maximum Gasteiger partial charge on any atom is 0.257 e. The Balaban J connectivity index is 1.61. The van der Waals surface area contributed by atoms with Gasteiger partial charge in [0.25, 0.3) is 5.91 Å². The van der Waals surface area contributed by atoms with Crippen LogP contribution in [0.1, 0.15) is 30.1 Å². The van der Waals surface area contributed by atoms with Crippen molar-refractivity contribution in [2.75, 3.05) is 25.5 Å². The predicted octanol–water partition coefficient (Wildman–Crippen LogP) is 3.85. The summed E-state index contributed by atoms with van der Waals surface area (Å²) in [5.41, 5.74) is 1.03. The minimum Gasteiger partial charge on any atom is -0.496 e. The highest BCUT2D eigenvalue weighted by atomic mass is 127. The molecule has 1 saturated heterocycles. The summed E-state index contributed by atoms with van der Waals surface area (Å²) in [6, 6.07) is 11.4. The number of amides is 1. The Hall–Kier alpha value is -1.76. The lowest BCUT2D eigenvalue weighted by atomic mass is 10.0. The van der Waals surface area contributed by atoms with Crippen LogP contribution in [0.5, 0.6) is 5.75 Å². The van der Waals surface area contributed by atoms with E-state index in [2.05, 4.69) is 40.1 Å². The van der Waals surface area contributed by atoms with Gasteiger partial charge in [-0.15, -0.1) is 0 Å². The molecule has 2 aromatic carbocycles. The molecule has 0 bridgehead atoms. The molecule has 3 rings (SSSR count). The lowest BCUT2D eigenvalue weighted by Crippen LogP contribution is -2.37. The molecule has 1 heterocycles. The maximum atomic E-state index is 12.8. The summed E-state index contributed by atoms with van der Waals surface area (Å²) in [7, 11) is -1.93. The summed E-state index contributed by atoms with van der Waals surface area (Å²) in [5.74, 6) is 0.888. The van der Waals surface area contributed by atoms with Gasteiger partial charge in [0.05, 0.1) is 15.6 Å². The molecule has 1 aliphatic heterocycles. The van der Waals surface area contributed by atoms with Crippen molar-refractivity contribution in [1.29, 1.82) is 0 Å². The fourth-order valence-electron chi connectivity index (χ4n) is 3.23. The molecule has 0 atom stereocenters. The van der Waals surface area contributed by atoms with Crippen molar-refractivity contribution in [3.05, 3.63) is 51.6 Å². The van der Waals surface area contributed by atoms with Crippen molar-refractivity contribution < 1.29 is 17.9 Å². The van der Waals surface area contributed by atoms with E-state index in [0.717, 1.165) is 16.4 Å². The largest absolute Gasteiger partial charge is 0.496 e. The first-order chi connectivity index (χ1) is 14.7. The molecule has 0 spiro atoms. The number of carbonyl (C=O) groups excluding carboxylic acids is 1. The first-order valence-electron chi connectivity index (χ1n) is 9.77. The molecule has 7 nitrogen and oxygen atoms in total. The van der Waals surface area contributed by atoms with Crippen LogP contribution in [0.15, 0.2) is 47.4 Å². The second kappa shape index (κ2) is 10.2. The molecule has 1 aliphatic rings. The number of piperidine rings is 1. The Morgan fingerprint density at radius 1 is 1.16 bits per heavy atom. The van der Waals surface area contributed by atoms with Crippen LogP contribution >= 0.6 is 34.8 Å². The molecule has 2 N–H and O–H groups in total. The van der Waals surface area contributed by atoms with E-state index in [4.69, 9.17) is 17.0 Å². The number of benzene rings is 2. The Bertz CT molecular complexity index is 1070. The second-order valence-electron chi connectivity index (χ2n) is 7.37. The Labute approximate surface area is 201 Å². The van der Waals surface area contributed by atoms with Crippen LogP contribution in [0.4, 0.5) is 5.69 Å². The third kappa shape index (κ3) is 5.93. The molecule has 0 unspecified atom stereocenters. The quantitative estimate of drug-likeness (QED) is 0.418. The molecule has 31 heavy (non-hydrogen) atoms.